The van der Waals surface area contributed by atoms with Crippen LogP contribution in [-0.2, 0) is 4.79 Å². The van der Waals surface area contributed by atoms with Gasteiger partial charge in [0, 0.05) is 23.2 Å². The Bertz CT molecular complexity index is 974. The SMILES string of the molecule is CC(C)CC(=O)Nc1ccc(C(=O)NNC(=S)NC(=O)c2cccc(OC(C)C)c2)cc1. The van der Waals surface area contributed by atoms with Gasteiger partial charge in [0.05, 0.1) is 6.10 Å². The van der Waals surface area contributed by atoms with E-state index in [-0.39, 0.29) is 23.0 Å². The first-order chi connectivity index (χ1) is 15.1. The molecule has 0 unspecified atom stereocenters. The molecule has 3 amide bonds. The van der Waals surface area contributed by atoms with E-state index in [0.29, 0.717) is 29.0 Å². The molecule has 0 atom stereocenters. The molecule has 0 heterocycles. The minimum Gasteiger partial charge on any atom is -0.491 e. The highest BCUT2D eigenvalue weighted by Crippen LogP contribution is 2.15. The summed E-state index contributed by atoms with van der Waals surface area (Å²) in [5.74, 6) is -0.140. The van der Waals surface area contributed by atoms with Gasteiger partial charge in [0.15, 0.2) is 5.11 Å². The molecule has 32 heavy (non-hydrogen) atoms. The van der Waals surface area contributed by atoms with Crippen molar-refractivity contribution in [1.29, 1.82) is 0 Å². The number of amides is 3. The van der Waals surface area contributed by atoms with Gasteiger partial charge in [-0.25, -0.2) is 0 Å². The predicted molar refractivity (Wildman–Crippen MR) is 127 cm³/mol. The van der Waals surface area contributed by atoms with Gasteiger partial charge in [-0.3, -0.25) is 30.6 Å². The number of nitrogens with one attached hydrogen (secondary N) is 4. The van der Waals surface area contributed by atoms with E-state index in [9.17, 15) is 14.4 Å². The second-order valence-corrected chi connectivity index (χ2v) is 8.19. The molecule has 0 aliphatic rings. The lowest BCUT2D eigenvalue weighted by molar-refractivity contribution is -0.116. The number of anilines is 1. The zero-order chi connectivity index (χ0) is 23.7. The molecule has 2 rings (SSSR count). The summed E-state index contributed by atoms with van der Waals surface area (Å²) in [6, 6.07) is 13.1. The first-order valence-electron chi connectivity index (χ1n) is 10.2. The summed E-state index contributed by atoms with van der Waals surface area (Å²) in [5.41, 5.74) is 6.24. The van der Waals surface area contributed by atoms with Crippen LogP contribution in [0.2, 0.25) is 0 Å². The van der Waals surface area contributed by atoms with Gasteiger partial charge in [-0.15, -0.1) is 0 Å². The van der Waals surface area contributed by atoms with Gasteiger partial charge in [0.1, 0.15) is 5.75 Å². The summed E-state index contributed by atoms with van der Waals surface area (Å²) in [4.78, 5) is 36.5. The maximum Gasteiger partial charge on any atom is 0.269 e. The highest BCUT2D eigenvalue weighted by molar-refractivity contribution is 7.80. The Morgan fingerprint density at radius 3 is 2.22 bits per heavy atom. The van der Waals surface area contributed by atoms with Crippen LogP contribution in [0.25, 0.3) is 0 Å². The lowest BCUT2D eigenvalue weighted by Crippen LogP contribution is -2.48. The molecular formula is C23H28N4O4S. The normalized spacial score (nSPS) is 10.4. The first-order valence-corrected chi connectivity index (χ1v) is 10.6. The van der Waals surface area contributed by atoms with Crippen molar-refractivity contribution in [3.63, 3.8) is 0 Å². The van der Waals surface area contributed by atoms with Crippen molar-refractivity contribution < 1.29 is 19.1 Å². The molecule has 0 aliphatic carbocycles. The molecule has 8 nitrogen and oxygen atoms in total. The molecule has 0 aliphatic heterocycles. The maximum atomic E-state index is 12.4. The van der Waals surface area contributed by atoms with Crippen LogP contribution in [0.3, 0.4) is 0 Å². The number of carbonyl (C=O) groups excluding carboxylic acids is 3. The van der Waals surface area contributed by atoms with Crippen LogP contribution in [0.5, 0.6) is 5.75 Å². The molecule has 0 spiro atoms. The van der Waals surface area contributed by atoms with Crippen LogP contribution in [0, 0.1) is 5.92 Å². The van der Waals surface area contributed by atoms with Crippen molar-refractivity contribution in [2.24, 2.45) is 5.92 Å². The molecule has 9 heteroatoms. The van der Waals surface area contributed by atoms with E-state index in [4.69, 9.17) is 17.0 Å². The third-order valence-corrected chi connectivity index (χ3v) is 4.21. The number of rotatable bonds is 7. The second-order valence-electron chi connectivity index (χ2n) is 7.78. The summed E-state index contributed by atoms with van der Waals surface area (Å²) >= 11 is 5.07. The van der Waals surface area contributed by atoms with Gasteiger partial charge in [0.25, 0.3) is 11.8 Å². The third-order valence-electron chi connectivity index (χ3n) is 4.01. The number of hydrogen-bond donors (Lipinski definition) is 4. The van der Waals surface area contributed by atoms with Crippen molar-refractivity contribution in [3.05, 3.63) is 59.7 Å². The maximum absolute atomic E-state index is 12.4. The molecular weight excluding hydrogens is 428 g/mol. The van der Waals surface area contributed by atoms with E-state index in [2.05, 4.69) is 21.5 Å². The lowest BCUT2D eigenvalue weighted by Gasteiger charge is -2.13. The molecule has 0 bridgehead atoms. The van der Waals surface area contributed by atoms with E-state index < -0.39 is 11.8 Å². The monoisotopic (exact) mass is 456 g/mol. The molecule has 170 valence electrons. The fourth-order valence-corrected chi connectivity index (χ4v) is 2.81. The van der Waals surface area contributed by atoms with Gasteiger partial charge in [-0.05, 0) is 74.4 Å². The summed E-state index contributed by atoms with van der Waals surface area (Å²) in [6.07, 6.45) is 0.404. The number of carbonyl (C=O) groups is 3. The highest BCUT2D eigenvalue weighted by Gasteiger charge is 2.11. The summed E-state index contributed by atoms with van der Waals surface area (Å²) < 4.78 is 5.58. The number of hydrogen-bond acceptors (Lipinski definition) is 5. The van der Waals surface area contributed by atoms with Gasteiger partial charge in [0.2, 0.25) is 5.91 Å². The van der Waals surface area contributed by atoms with E-state index in [0.717, 1.165) is 0 Å². The van der Waals surface area contributed by atoms with Gasteiger partial charge in [-0.2, -0.15) is 0 Å². The molecule has 0 aromatic heterocycles. The number of ether oxygens (including phenoxy) is 1. The van der Waals surface area contributed by atoms with Crippen LogP contribution >= 0.6 is 12.2 Å². The highest BCUT2D eigenvalue weighted by atomic mass is 32.1. The van der Waals surface area contributed by atoms with Crippen LogP contribution in [0.4, 0.5) is 5.69 Å². The van der Waals surface area contributed by atoms with Crippen LogP contribution < -0.4 is 26.2 Å². The van der Waals surface area contributed by atoms with E-state index >= 15 is 0 Å². The molecule has 0 fully saturated rings. The smallest absolute Gasteiger partial charge is 0.269 e. The van der Waals surface area contributed by atoms with Crippen LogP contribution in [0.1, 0.15) is 54.8 Å². The Kier molecular flexibility index (Phi) is 9.15. The second kappa shape index (κ2) is 11.8. The quantitative estimate of drug-likeness (QED) is 0.376. The summed E-state index contributed by atoms with van der Waals surface area (Å²) in [7, 11) is 0. The average molecular weight is 457 g/mol. The summed E-state index contributed by atoms with van der Waals surface area (Å²) in [5, 5.41) is 5.21. The molecule has 2 aromatic rings. The molecule has 2 aromatic carbocycles. The van der Waals surface area contributed by atoms with Crippen molar-refractivity contribution >= 4 is 40.7 Å². The number of hydrazine groups is 1. The number of benzene rings is 2. The Balaban J connectivity index is 1.84. The molecule has 0 saturated heterocycles. The van der Waals surface area contributed by atoms with Crippen LogP contribution in [0.15, 0.2) is 48.5 Å². The molecule has 0 radical (unpaired) electrons. The number of thiocarbonyl (C=S) groups is 1. The first kappa shape index (κ1) is 24.8. The molecule has 0 saturated carbocycles. The van der Waals surface area contributed by atoms with E-state index in [1.165, 1.54) is 0 Å². The van der Waals surface area contributed by atoms with Gasteiger partial charge >= 0.3 is 0 Å². The fraction of sp³-hybridized carbons (Fsp3) is 0.304. The van der Waals surface area contributed by atoms with Crippen molar-refractivity contribution in [2.45, 2.75) is 40.2 Å². The third kappa shape index (κ3) is 8.35. The zero-order valence-corrected chi connectivity index (χ0v) is 19.3. The largest absolute Gasteiger partial charge is 0.491 e. The van der Waals surface area contributed by atoms with E-state index in [1.54, 1.807) is 48.5 Å². The van der Waals surface area contributed by atoms with Gasteiger partial charge in [-0.1, -0.05) is 19.9 Å². The standard InChI is InChI=1S/C23H28N4O4S/c1-14(2)12-20(28)24-18-10-8-16(9-11-18)22(30)26-27-23(32)25-21(29)17-6-5-7-19(13-17)31-15(3)4/h5-11,13-15H,12H2,1-4H3,(H,24,28)(H,26,30)(H2,25,27,29,32). The van der Waals surface area contributed by atoms with Crippen molar-refractivity contribution in [2.75, 3.05) is 5.32 Å². The minimum atomic E-state index is -0.450. The average Bonchev–Trinajstić information content (AvgIpc) is 2.71. The zero-order valence-electron chi connectivity index (χ0n) is 18.5. The predicted octanol–water partition coefficient (Wildman–Crippen LogP) is 3.41. The Morgan fingerprint density at radius 1 is 0.906 bits per heavy atom. The minimum absolute atomic E-state index is 0.0170. The fourth-order valence-electron chi connectivity index (χ4n) is 2.66. The summed E-state index contributed by atoms with van der Waals surface area (Å²) in [6.45, 7) is 7.71. The van der Waals surface area contributed by atoms with Crippen LogP contribution in [-0.4, -0.2) is 28.9 Å². The van der Waals surface area contributed by atoms with Gasteiger partial charge < -0.3 is 10.1 Å². The Morgan fingerprint density at radius 2 is 1.59 bits per heavy atom. The molecule has 4 N–H and O–H groups in total. The van der Waals surface area contributed by atoms with Crippen molar-refractivity contribution in [1.82, 2.24) is 16.2 Å². The Hall–Kier alpha value is -3.46. The lowest BCUT2D eigenvalue weighted by atomic mass is 10.1. The Labute approximate surface area is 193 Å². The topological polar surface area (TPSA) is 109 Å². The van der Waals surface area contributed by atoms with Crippen molar-refractivity contribution in [3.8, 4) is 5.75 Å². The van der Waals surface area contributed by atoms with E-state index in [1.807, 2.05) is 27.7 Å².